The van der Waals surface area contributed by atoms with Crippen LogP contribution in [0.1, 0.15) is 65.2 Å². The molecule has 0 aliphatic heterocycles. The molecule has 2 bridgehead atoms. The molecule has 4 fully saturated rings. The Morgan fingerprint density at radius 1 is 1.04 bits per heavy atom. The molecule has 0 aromatic heterocycles. The smallest absolute Gasteiger partial charge is 0.309 e. The van der Waals surface area contributed by atoms with Gasteiger partial charge in [-0.25, -0.2) is 13.1 Å². The summed E-state index contributed by atoms with van der Waals surface area (Å²) in [6, 6.07) is 0. The van der Waals surface area contributed by atoms with E-state index in [9.17, 15) is 17.8 Å². The summed E-state index contributed by atoms with van der Waals surface area (Å²) in [5.74, 6) is -0.0546. The van der Waals surface area contributed by atoms with Gasteiger partial charge in [0, 0.05) is 11.0 Å². The molecule has 1 N–H and O–H groups in total. The van der Waals surface area contributed by atoms with E-state index >= 15 is 0 Å². The third-order valence-electron chi connectivity index (χ3n) is 6.15. The lowest BCUT2D eigenvalue weighted by Crippen LogP contribution is -2.59. The van der Waals surface area contributed by atoms with E-state index in [1.165, 1.54) is 0 Å². The van der Waals surface area contributed by atoms with Gasteiger partial charge >= 0.3 is 7.60 Å². The summed E-state index contributed by atoms with van der Waals surface area (Å²) in [4.78, 5) is 13.0. The molecule has 0 heterocycles. The molecule has 0 amide bonds. The van der Waals surface area contributed by atoms with Crippen molar-refractivity contribution in [3.63, 3.8) is 0 Å². The first kappa shape index (κ1) is 20.5. The summed E-state index contributed by atoms with van der Waals surface area (Å²) in [7, 11) is -6.63. The Balaban J connectivity index is 1.65. The van der Waals surface area contributed by atoms with Gasteiger partial charge in [0.15, 0.2) is 5.78 Å². The maximum atomic E-state index is 13.0. The van der Waals surface area contributed by atoms with Crippen LogP contribution < -0.4 is 4.72 Å². The van der Waals surface area contributed by atoms with Crippen molar-refractivity contribution in [2.75, 3.05) is 19.4 Å². The summed E-state index contributed by atoms with van der Waals surface area (Å²) >= 11 is 0. The van der Waals surface area contributed by atoms with Crippen molar-refractivity contribution in [1.29, 1.82) is 0 Å². The van der Waals surface area contributed by atoms with Gasteiger partial charge in [-0.15, -0.1) is 0 Å². The second-order valence-electron chi connectivity index (χ2n) is 7.93. The van der Waals surface area contributed by atoms with Crippen LogP contribution in [0.2, 0.25) is 0 Å². The number of sulfonamides is 1. The van der Waals surface area contributed by atoms with E-state index in [4.69, 9.17) is 9.05 Å². The first-order valence-electron chi connectivity index (χ1n) is 9.62. The molecule has 0 atom stereocenters. The van der Waals surface area contributed by atoms with Crippen molar-refractivity contribution < 1.29 is 26.8 Å². The molecule has 4 aliphatic rings. The molecule has 4 aliphatic carbocycles. The molecule has 26 heavy (non-hydrogen) atoms. The number of hydrogen-bond donors (Lipinski definition) is 1. The molecule has 0 aromatic carbocycles. The number of fused-ring (bicyclic) bond motifs is 3. The van der Waals surface area contributed by atoms with E-state index in [0.29, 0.717) is 38.5 Å². The lowest BCUT2D eigenvalue weighted by atomic mass is 9.56. The minimum absolute atomic E-state index is 0.0546. The maximum Gasteiger partial charge on any atom is 0.338 e. The Hall–Kier alpha value is -0.270. The van der Waals surface area contributed by atoms with Gasteiger partial charge < -0.3 is 9.05 Å². The highest BCUT2D eigenvalue weighted by Crippen LogP contribution is 2.56. The van der Waals surface area contributed by atoms with Gasteiger partial charge in [0.2, 0.25) is 10.0 Å². The summed E-state index contributed by atoms with van der Waals surface area (Å²) in [6.07, 6.45) is 5.21. The molecular weight excluding hydrogens is 377 g/mol. The van der Waals surface area contributed by atoms with Crippen LogP contribution in [0.3, 0.4) is 0 Å². The van der Waals surface area contributed by atoms with Gasteiger partial charge in [-0.1, -0.05) is 0 Å². The summed E-state index contributed by atoms with van der Waals surface area (Å²) in [5, 5.41) is -0.226. The largest absolute Gasteiger partial charge is 0.338 e. The molecule has 4 rings (SSSR count). The fraction of sp³-hybridized carbons (Fsp3) is 0.941. The quantitative estimate of drug-likeness (QED) is 0.559. The van der Waals surface area contributed by atoms with Crippen molar-refractivity contribution in [2.24, 2.45) is 5.41 Å². The van der Waals surface area contributed by atoms with Gasteiger partial charge in [-0.2, -0.15) is 0 Å². The zero-order valence-electron chi connectivity index (χ0n) is 15.7. The molecule has 0 radical (unpaired) electrons. The van der Waals surface area contributed by atoms with E-state index in [2.05, 4.69) is 4.72 Å². The maximum absolute atomic E-state index is 13.0. The summed E-state index contributed by atoms with van der Waals surface area (Å²) in [6.45, 7) is 3.94. The number of rotatable bonds is 10. The Kier molecular flexibility index (Phi) is 5.73. The zero-order valence-corrected chi connectivity index (χ0v) is 17.4. The van der Waals surface area contributed by atoms with Crippen molar-refractivity contribution in [3.8, 4) is 0 Å². The number of nitrogens with one attached hydrogen (secondary N) is 1. The van der Waals surface area contributed by atoms with Gasteiger partial charge in [0.25, 0.3) is 0 Å². The number of carbonyl (C=O) groups is 1. The SMILES string of the molecule is CCOP(=O)(CC(=O)C12CCC(NS(=O)(=O)C3CC3)(CC1)CC2)OCC. The van der Waals surface area contributed by atoms with Crippen LogP contribution in [-0.2, 0) is 28.4 Å². The third kappa shape index (κ3) is 4.09. The zero-order chi connectivity index (χ0) is 19.1. The predicted octanol–water partition coefficient (Wildman–Crippen LogP) is 3.00. The van der Waals surface area contributed by atoms with Crippen molar-refractivity contribution in [1.82, 2.24) is 4.72 Å². The van der Waals surface area contributed by atoms with Crippen molar-refractivity contribution >= 4 is 23.4 Å². The van der Waals surface area contributed by atoms with Crippen LogP contribution in [0.25, 0.3) is 0 Å². The average molecular weight is 407 g/mol. The average Bonchev–Trinajstić information content (AvgIpc) is 3.41. The lowest BCUT2D eigenvalue weighted by molar-refractivity contribution is -0.133. The molecule has 4 saturated carbocycles. The normalized spacial score (nSPS) is 31.9. The number of Topliss-reactive ketones (excluding diaryl/α,β-unsaturated/α-hetero) is 1. The minimum atomic E-state index is -3.40. The van der Waals surface area contributed by atoms with E-state index < -0.39 is 28.6 Å². The summed E-state index contributed by atoms with van der Waals surface area (Å²) in [5.41, 5.74) is -0.899. The third-order valence-corrected chi connectivity index (χ3v) is 10.2. The highest BCUT2D eigenvalue weighted by Gasteiger charge is 2.55. The van der Waals surface area contributed by atoms with Gasteiger partial charge in [-0.05, 0) is 65.2 Å². The van der Waals surface area contributed by atoms with Gasteiger partial charge in [-0.3, -0.25) is 9.36 Å². The van der Waals surface area contributed by atoms with Gasteiger partial charge in [0.1, 0.15) is 6.16 Å². The molecule has 0 spiro atoms. The van der Waals surface area contributed by atoms with Crippen LogP contribution in [0.4, 0.5) is 0 Å². The van der Waals surface area contributed by atoms with Crippen molar-refractivity contribution in [2.45, 2.75) is 76.0 Å². The predicted molar refractivity (Wildman–Crippen MR) is 98.7 cm³/mol. The fourth-order valence-electron chi connectivity index (χ4n) is 4.39. The molecular formula is C17H30NO6PS. The van der Waals surface area contributed by atoms with E-state index in [0.717, 1.165) is 12.8 Å². The van der Waals surface area contributed by atoms with Crippen LogP contribution >= 0.6 is 7.60 Å². The molecule has 0 aromatic rings. The Labute approximate surface area is 156 Å². The summed E-state index contributed by atoms with van der Waals surface area (Å²) < 4.78 is 50.9. The van der Waals surface area contributed by atoms with E-state index in [1.54, 1.807) is 13.8 Å². The standard InChI is InChI=1S/C17H30NO6PS/c1-3-23-25(20,24-4-2)13-15(19)16-7-10-17(11-8-16,12-9-16)18-26(21,22)14-5-6-14/h14,18H,3-13H2,1-2H3. The Bertz CT molecular complexity index is 668. The number of ketones is 1. The molecule has 0 saturated heterocycles. The first-order valence-corrected chi connectivity index (χ1v) is 12.9. The molecule has 7 nitrogen and oxygen atoms in total. The number of hydrogen-bond acceptors (Lipinski definition) is 6. The van der Waals surface area contributed by atoms with Crippen LogP contribution in [-0.4, -0.2) is 44.4 Å². The fourth-order valence-corrected chi connectivity index (χ4v) is 7.95. The first-order chi connectivity index (χ1) is 12.2. The van der Waals surface area contributed by atoms with Gasteiger partial charge in [0.05, 0.1) is 18.5 Å². The molecule has 9 heteroatoms. The molecule has 0 unspecified atom stereocenters. The lowest BCUT2D eigenvalue weighted by Gasteiger charge is -2.52. The van der Waals surface area contributed by atoms with Crippen LogP contribution in [0, 0.1) is 5.41 Å². The second-order valence-corrected chi connectivity index (χ2v) is 12.0. The highest BCUT2D eigenvalue weighted by atomic mass is 32.2. The molecule has 150 valence electrons. The minimum Gasteiger partial charge on any atom is -0.309 e. The van der Waals surface area contributed by atoms with Crippen LogP contribution in [0.15, 0.2) is 0 Å². The topological polar surface area (TPSA) is 98.8 Å². The monoisotopic (exact) mass is 407 g/mol. The van der Waals surface area contributed by atoms with E-state index in [-0.39, 0.29) is 30.4 Å². The highest BCUT2D eigenvalue weighted by molar-refractivity contribution is 7.90. The van der Waals surface area contributed by atoms with E-state index in [1.807, 2.05) is 0 Å². The second kappa shape index (κ2) is 7.28. The Morgan fingerprint density at radius 3 is 1.96 bits per heavy atom. The number of carbonyl (C=O) groups excluding carboxylic acids is 1. The Morgan fingerprint density at radius 2 is 1.54 bits per heavy atom. The van der Waals surface area contributed by atoms with Crippen LogP contribution in [0.5, 0.6) is 0 Å². The van der Waals surface area contributed by atoms with Crippen molar-refractivity contribution in [3.05, 3.63) is 0 Å².